The predicted octanol–water partition coefficient (Wildman–Crippen LogP) is 2.14. The summed E-state index contributed by atoms with van der Waals surface area (Å²) in [5, 5.41) is 3.36. The van der Waals surface area contributed by atoms with Gasteiger partial charge in [-0.2, -0.15) is 11.8 Å². The predicted molar refractivity (Wildman–Crippen MR) is 61.6 cm³/mol. The van der Waals surface area contributed by atoms with Gasteiger partial charge in [0.25, 0.3) is 0 Å². The molecule has 0 saturated carbocycles. The van der Waals surface area contributed by atoms with E-state index in [1.54, 1.807) is 0 Å². The lowest BCUT2D eigenvalue weighted by molar-refractivity contribution is 0.0809. The Hall–Kier alpha value is 0.270. The van der Waals surface area contributed by atoms with Crippen molar-refractivity contribution in [1.82, 2.24) is 5.32 Å². The minimum Gasteiger partial charge on any atom is -0.377 e. The minimum absolute atomic E-state index is 0.359. The first kappa shape index (κ1) is 13.3. The van der Waals surface area contributed by atoms with E-state index >= 15 is 0 Å². The lowest BCUT2D eigenvalue weighted by Crippen LogP contribution is -2.22. The van der Waals surface area contributed by atoms with Crippen molar-refractivity contribution in [3.8, 4) is 0 Å². The van der Waals surface area contributed by atoms with Crippen LogP contribution < -0.4 is 5.32 Å². The van der Waals surface area contributed by atoms with Crippen LogP contribution in [0.3, 0.4) is 0 Å². The van der Waals surface area contributed by atoms with Crippen molar-refractivity contribution in [2.45, 2.75) is 33.3 Å². The topological polar surface area (TPSA) is 21.3 Å². The molecule has 0 saturated heterocycles. The second kappa shape index (κ2) is 10.4. The maximum absolute atomic E-state index is 5.40. The van der Waals surface area contributed by atoms with Crippen LogP contribution in [-0.2, 0) is 4.74 Å². The molecule has 80 valence electrons. The number of nitrogens with one attached hydrogen (secondary N) is 1. The summed E-state index contributed by atoms with van der Waals surface area (Å²) < 4.78 is 5.40. The van der Waals surface area contributed by atoms with E-state index in [2.05, 4.69) is 26.1 Å². The number of ether oxygens (including phenoxy) is 1. The first-order valence-electron chi connectivity index (χ1n) is 5.17. The standard InChI is InChI=1S/C10H23NOS/c1-4-13-9-5-6-11-7-8-12-10(2)3/h10-11H,4-9H2,1-3H3. The van der Waals surface area contributed by atoms with Crippen molar-refractivity contribution < 1.29 is 4.74 Å². The van der Waals surface area contributed by atoms with Gasteiger partial charge in [-0.05, 0) is 38.3 Å². The Bertz CT molecular complexity index is 98.9. The smallest absolute Gasteiger partial charge is 0.0594 e. The average Bonchev–Trinajstić information content (AvgIpc) is 2.09. The molecule has 0 aromatic carbocycles. The fourth-order valence-electron chi connectivity index (χ4n) is 0.935. The second-order valence-electron chi connectivity index (χ2n) is 3.22. The molecule has 0 spiro atoms. The van der Waals surface area contributed by atoms with E-state index in [1.165, 1.54) is 17.9 Å². The number of hydrogen-bond acceptors (Lipinski definition) is 3. The maximum Gasteiger partial charge on any atom is 0.0594 e. The summed E-state index contributed by atoms with van der Waals surface area (Å²) in [5.41, 5.74) is 0. The maximum atomic E-state index is 5.40. The van der Waals surface area contributed by atoms with Gasteiger partial charge in [-0.25, -0.2) is 0 Å². The molecule has 2 nitrogen and oxygen atoms in total. The molecular formula is C10H23NOS. The van der Waals surface area contributed by atoms with Crippen molar-refractivity contribution >= 4 is 11.8 Å². The molecule has 0 rings (SSSR count). The number of rotatable bonds is 9. The zero-order valence-electron chi connectivity index (χ0n) is 9.14. The Morgan fingerprint density at radius 2 is 2.08 bits per heavy atom. The lowest BCUT2D eigenvalue weighted by atomic mass is 10.4. The molecule has 0 amide bonds. The van der Waals surface area contributed by atoms with Crippen molar-refractivity contribution in [2.75, 3.05) is 31.2 Å². The Morgan fingerprint density at radius 3 is 2.69 bits per heavy atom. The highest BCUT2D eigenvalue weighted by molar-refractivity contribution is 7.99. The largest absolute Gasteiger partial charge is 0.377 e. The molecule has 0 radical (unpaired) electrons. The molecule has 0 aliphatic heterocycles. The summed E-state index contributed by atoms with van der Waals surface area (Å²) in [6.45, 7) is 9.27. The third kappa shape index (κ3) is 12.3. The van der Waals surface area contributed by atoms with Crippen LogP contribution in [0.2, 0.25) is 0 Å². The highest BCUT2D eigenvalue weighted by atomic mass is 32.2. The molecule has 0 aromatic heterocycles. The van der Waals surface area contributed by atoms with Gasteiger partial charge in [0, 0.05) is 6.54 Å². The number of hydrogen-bond donors (Lipinski definition) is 1. The van der Waals surface area contributed by atoms with Crippen molar-refractivity contribution in [3.63, 3.8) is 0 Å². The SMILES string of the molecule is CCSCCCNCCOC(C)C. The van der Waals surface area contributed by atoms with Crippen molar-refractivity contribution in [1.29, 1.82) is 0 Å². The molecule has 0 atom stereocenters. The third-order valence-corrected chi connectivity index (χ3v) is 2.56. The van der Waals surface area contributed by atoms with Gasteiger partial charge in [-0.1, -0.05) is 6.92 Å². The van der Waals surface area contributed by atoms with Crippen molar-refractivity contribution in [2.24, 2.45) is 0 Å². The van der Waals surface area contributed by atoms with Crippen LogP contribution >= 0.6 is 11.8 Å². The fraction of sp³-hybridized carbons (Fsp3) is 1.00. The van der Waals surface area contributed by atoms with Gasteiger partial charge in [0.15, 0.2) is 0 Å². The van der Waals surface area contributed by atoms with Gasteiger partial charge >= 0.3 is 0 Å². The Morgan fingerprint density at radius 1 is 1.31 bits per heavy atom. The Kier molecular flexibility index (Phi) is 10.6. The molecule has 0 fully saturated rings. The molecule has 0 aliphatic rings. The fourth-order valence-corrected chi connectivity index (χ4v) is 1.57. The van der Waals surface area contributed by atoms with Gasteiger partial charge in [-0.15, -0.1) is 0 Å². The van der Waals surface area contributed by atoms with Crippen LogP contribution in [0.4, 0.5) is 0 Å². The van der Waals surface area contributed by atoms with E-state index in [0.29, 0.717) is 6.10 Å². The Labute approximate surface area is 86.8 Å². The second-order valence-corrected chi connectivity index (χ2v) is 4.61. The van der Waals surface area contributed by atoms with E-state index in [0.717, 1.165) is 19.7 Å². The summed E-state index contributed by atoms with van der Waals surface area (Å²) in [5.74, 6) is 2.50. The highest BCUT2D eigenvalue weighted by Gasteiger charge is 1.92. The van der Waals surface area contributed by atoms with Gasteiger partial charge < -0.3 is 10.1 Å². The molecule has 1 N–H and O–H groups in total. The van der Waals surface area contributed by atoms with Gasteiger partial charge in [0.05, 0.1) is 12.7 Å². The van der Waals surface area contributed by atoms with E-state index in [1.807, 2.05) is 11.8 Å². The van der Waals surface area contributed by atoms with Gasteiger partial charge in [0.1, 0.15) is 0 Å². The van der Waals surface area contributed by atoms with Crippen molar-refractivity contribution in [3.05, 3.63) is 0 Å². The minimum atomic E-state index is 0.359. The first-order chi connectivity index (χ1) is 6.27. The van der Waals surface area contributed by atoms with Crippen LogP contribution in [0.5, 0.6) is 0 Å². The lowest BCUT2D eigenvalue weighted by Gasteiger charge is -2.08. The van der Waals surface area contributed by atoms with E-state index < -0.39 is 0 Å². The quantitative estimate of drug-likeness (QED) is 0.583. The van der Waals surface area contributed by atoms with Crippen LogP contribution in [0.25, 0.3) is 0 Å². The highest BCUT2D eigenvalue weighted by Crippen LogP contribution is 1.99. The van der Waals surface area contributed by atoms with Gasteiger partial charge in [-0.3, -0.25) is 0 Å². The molecule has 3 heteroatoms. The zero-order chi connectivity index (χ0) is 9.94. The summed E-state index contributed by atoms with van der Waals surface area (Å²) in [4.78, 5) is 0. The molecular weight excluding hydrogens is 182 g/mol. The molecule has 13 heavy (non-hydrogen) atoms. The summed E-state index contributed by atoms with van der Waals surface area (Å²) >= 11 is 2.01. The zero-order valence-corrected chi connectivity index (χ0v) is 9.95. The molecule has 0 heterocycles. The molecule has 0 aromatic rings. The van der Waals surface area contributed by atoms with E-state index in [9.17, 15) is 0 Å². The molecule has 0 bridgehead atoms. The third-order valence-electron chi connectivity index (χ3n) is 1.58. The van der Waals surface area contributed by atoms with Crippen LogP contribution in [0.1, 0.15) is 27.2 Å². The summed E-state index contributed by atoms with van der Waals surface area (Å²) in [7, 11) is 0. The van der Waals surface area contributed by atoms with E-state index in [-0.39, 0.29) is 0 Å². The average molecular weight is 205 g/mol. The van der Waals surface area contributed by atoms with E-state index in [4.69, 9.17) is 4.74 Å². The summed E-state index contributed by atoms with van der Waals surface area (Å²) in [6.07, 6.45) is 1.62. The van der Waals surface area contributed by atoms with Crippen LogP contribution in [0.15, 0.2) is 0 Å². The summed E-state index contributed by atoms with van der Waals surface area (Å²) in [6, 6.07) is 0. The van der Waals surface area contributed by atoms with Gasteiger partial charge in [0.2, 0.25) is 0 Å². The number of thioether (sulfide) groups is 1. The van der Waals surface area contributed by atoms with Crippen LogP contribution in [-0.4, -0.2) is 37.3 Å². The first-order valence-corrected chi connectivity index (χ1v) is 6.33. The van der Waals surface area contributed by atoms with Crippen LogP contribution in [0, 0.1) is 0 Å². The monoisotopic (exact) mass is 205 g/mol. The molecule has 0 unspecified atom stereocenters. The molecule has 0 aliphatic carbocycles. The Balaban J connectivity index is 2.84. The normalized spacial score (nSPS) is 11.1.